The summed E-state index contributed by atoms with van der Waals surface area (Å²) in [5, 5.41) is 2.76. The van der Waals surface area contributed by atoms with Crippen LogP contribution in [0.2, 0.25) is 0 Å². The Morgan fingerprint density at radius 3 is 2.30 bits per heavy atom. The van der Waals surface area contributed by atoms with Gasteiger partial charge >= 0.3 is 5.97 Å². The van der Waals surface area contributed by atoms with Crippen molar-refractivity contribution in [2.75, 3.05) is 19.7 Å². The maximum absolute atomic E-state index is 13.0. The van der Waals surface area contributed by atoms with Crippen LogP contribution in [0.4, 0.5) is 4.39 Å². The van der Waals surface area contributed by atoms with Crippen molar-refractivity contribution in [3.8, 4) is 0 Å². The van der Waals surface area contributed by atoms with Gasteiger partial charge in [-0.25, -0.2) is 4.39 Å². The van der Waals surface area contributed by atoms with Crippen LogP contribution >= 0.6 is 0 Å². The zero-order valence-electron chi connectivity index (χ0n) is 16.0. The predicted octanol–water partition coefficient (Wildman–Crippen LogP) is 2.38. The van der Waals surface area contributed by atoms with E-state index in [9.17, 15) is 18.8 Å². The number of nitrogens with one attached hydrogen (secondary N) is 1. The van der Waals surface area contributed by atoms with Crippen LogP contribution in [0.25, 0.3) is 0 Å². The smallest absolute Gasteiger partial charge is 0.309 e. The van der Waals surface area contributed by atoms with E-state index in [0.29, 0.717) is 38.1 Å². The molecule has 0 saturated carbocycles. The summed E-state index contributed by atoms with van der Waals surface area (Å²) in [5.74, 6) is -1.50. The summed E-state index contributed by atoms with van der Waals surface area (Å²) in [6, 6.07) is 4.51. The number of rotatable bonds is 6. The molecule has 1 N–H and O–H groups in total. The minimum absolute atomic E-state index is 0.107. The van der Waals surface area contributed by atoms with Crippen LogP contribution in [0.15, 0.2) is 24.3 Å². The van der Waals surface area contributed by atoms with Crippen molar-refractivity contribution in [3.05, 3.63) is 35.6 Å². The van der Waals surface area contributed by atoms with E-state index in [0.717, 1.165) is 0 Å². The molecule has 1 aromatic rings. The van der Waals surface area contributed by atoms with Gasteiger partial charge in [0.25, 0.3) is 5.91 Å². The number of nitrogens with zero attached hydrogens (tertiary/aromatic N) is 1. The predicted molar refractivity (Wildman–Crippen MR) is 98.4 cm³/mol. The molecule has 27 heavy (non-hydrogen) atoms. The topological polar surface area (TPSA) is 75.7 Å². The summed E-state index contributed by atoms with van der Waals surface area (Å²) in [5.41, 5.74) is 0.302. The van der Waals surface area contributed by atoms with Crippen molar-refractivity contribution < 1.29 is 23.5 Å². The number of carbonyl (C=O) groups is 3. The molecule has 2 amide bonds. The Hall–Kier alpha value is -2.44. The fourth-order valence-corrected chi connectivity index (χ4v) is 3.13. The molecule has 0 aliphatic carbocycles. The SMILES string of the molecule is CCOC(=O)C1CCN(C(=O)C(NC(=O)c2ccc(F)cc2)C(C)C)CC1. The maximum atomic E-state index is 13.0. The van der Waals surface area contributed by atoms with Crippen LogP contribution in [0, 0.1) is 17.7 Å². The molecule has 7 heteroatoms. The van der Waals surface area contributed by atoms with Gasteiger partial charge in [-0.05, 0) is 49.9 Å². The molecule has 0 spiro atoms. The van der Waals surface area contributed by atoms with Crippen molar-refractivity contribution in [1.29, 1.82) is 0 Å². The highest BCUT2D eigenvalue weighted by molar-refractivity contribution is 5.97. The molecule has 6 nitrogen and oxygen atoms in total. The highest BCUT2D eigenvalue weighted by Gasteiger charge is 2.33. The van der Waals surface area contributed by atoms with Gasteiger partial charge in [0.05, 0.1) is 12.5 Å². The van der Waals surface area contributed by atoms with Crippen molar-refractivity contribution in [1.82, 2.24) is 10.2 Å². The van der Waals surface area contributed by atoms with Crippen LogP contribution in [0.5, 0.6) is 0 Å². The molecule has 2 rings (SSSR count). The van der Waals surface area contributed by atoms with Crippen molar-refractivity contribution in [2.24, 2.45) is 11.8 Å². The first kappa shape index (κ1) is 20.9. The molecule has 0 radical (unpaired) electrons. The molecule has 1 aliphatic heterocycles. The summed E-state index contributed by atoms with van der Waals surface area (Å²) in [6.07, 6.45) is 1.11. The minimum atomic E-state index is -0.679. The third-order valence-corrected chi connectivity index (χ3v) is 4.75. The largest absolute Gasteiger partial charge is 0.466 e. The van der Waals surface area contributed by atoms with Crippen molar-refractivity contribution in [2.45, 2.75) is 39.7 Å². The van der Waals surface area contributed by atoms with Crippen LogP contribution in [0.3, 0.4) is 0 Å². The van der Waals surface area contributed by atoms with Gasteiger partial charge in [0, 0.05) is 18.7 Å². The molecule has 1 fully saturated rings. The second-order valence-electron chi connectivity index (χ2n) is 7.05. The Balaban J connectivity index is 1.98. The highest BCUT2D eigenvalue weighted by Crippen LogP contribution is 2.20. The first-order valence-electron chi connectivity index (χ1n) is 9.35. The standard InChI is InChI=1S/C20H27FN2O4/c1-4-27-20(26)15-9-11-23(12-10-15)19(25)17(13(2)3)22-18(24)14-5-7-16(21)8-6-14/h5-8,13,15,17H,4,9-12H2,1-3H3,(H,22,24). The van der Waals surface area contributed by atoms with Crippen LogP contribution in [-0.4, -0.2) is 48.4 Å². The van der Waals surface area contributed by atoms with E-state index in [4.69, 9.17) is 4.74 Å². The van der Waals surface area contributed by atoms with Gasteiger partial charge in [-0.1, -0.05) is 13.8 Å². The Labute approximate surface area is 159 Å². The highest BCUT2D eigenvalue weighted by atomic mass is 19.1. The zero-order valence-corrected chi connectivity index (χ0v) is 16.0. The molecule has 148 valence electrons. The van der Waals surface area contributed by atoms with Crippen LogP contribution in [0.1, 0.15) is 44.0 Å². The Morgan fingerprint density at radius 1 is 1.19 bits per heavy atom. The summed E-state index contributed by atoms with van der Waals surface area (Å²) < 4.78 is 18.1. The number of piperidine rings is 1. The van der Waals surface area contributed by atoms with Crippen LogP contribution in [-0.2, 0) is 14.3 Å². The van der Waals surface area contributed by atoms with E-state index in [-0.39, 0.29) is 23.7 Å². The van der Waals surface area contributed by atoms with Gasteiger partial charge in [0.15, 0.2) is 0 Å². The van der Waals surface area contributed by atoms with E-state index in [2.05, 4.69) is 5.32 Å². The van der Waals surface area contributed by atoms with E-state index in [1.165, 1.54) is 24.3 Å². The number of esters is 1. The Morgan fingerprint density at radius 2 is 1.78 bits per heavy atom. The summed E-state index contributed by atoms with van der Waals surface area (Å²) >= 11 is 0. The molecule has 0 bridgehead atoms. The third kappa shape index (κ3) is 5.52. The molecular weight excluding hydrogens is 351 g/mol. The number of amides is 2. The first-order chi connectivity index (χ1) is 12.8. The van der Waals surface area contributed by atoms with Gasteiger partial charge < -0.3 is 15.0 Å². The molecule has 0 aromatic heterocycles. The molecule has 1 aliphatic rings. The average molecular weight is 378 g/mol. The van der Waals surface area contributed by atoms with Gasteiger partial charge in [-0.2, -0.15) is 0 Å². The number of hydrogen-bond acceptors (Lipinski definition) is 4. The lowest BCUT2D eigenvalue weighted by Crippen LogP contribution is -2.53. The van der Waals surface area contributed by atoms with E-state index in [1.54, 1.807) is 11.8 Å². The average Bonchev–Trinajstić information content (AvgIpc) is 2.66. The second kappa shape index (κ2) is 9.48. The number of likely N-dealkylation sites (tertiary alicyclic amines) is 1. The fourth-order valence-electron chi connectivity index (χ4n) is 3.13. The maximum Gasteiger partial charge on any atom is 0.309 e. The van der Waals surface area contributed by atoms with Crippen molar-refractivity contribution in [3.63, 3.8) is 0 Å². The minimum Gasteiger partial charge on any atom is -0.466 e. The lowest BCUT2D eigenvalue weighted by Gasteiger charge is -2.34. The van der Waals surface area contributed by atoms with E-state index in [1.807, 2.05) is 13.8 Å². The normalized spacial score (nSPS) is 16.1. The lowest BCUT2D eigenvalue weighted by molar-refractivity contribution is -0.151. The molecule has 1 saturated heterocycles. The van der Waals surface area contributed by atoms with E-state index < -0.39 is 17.8 Å². The lowest BCUT2D eigenvalue weighted by atomic mass is 9.95. The second-order valence-corrected chi connectivity index (χ2v) is 7.05. The molecule has 1 aromatic carbocycles. The quantitative estimate of drug-likeness (QED) is 0.771. The third-order valence-electron chi connectivity index (χ3n) is 4.75. The fraction of sp³-hybridized carbons (Fsp3) is 0.550. The number of hydrogen-bond donors (Lipinski definition) is 1. The van der Waals surface area contributed by atoms with Crippen molar-refractivity contribution >= 4 is 17.8 Å². The van der Waals surface area contributed by atoms with Gasteiger partial charge in [0.2, 0.25) is 5.91 Å². The Kier molecular flexibility index (Phi) is 7.33. The number of carbonyl (C=O) groups excluding carboxylic acids is 3. The van der Waals surface area contributed by atoms with E-state index >= 15 is 0 Å². The van der Waals surface area contributed by atoms with Crippen LogP contribution < -0.4 is 5.32 Å². The monoisotopic (exact) mass is 378 g/mol. The number of ether oxygens (including phenoxy) is 1. The first-order valence-corrected chi connectivity index (χ1v) is 9.35. The Bertz CT molecular complexity index is 667. The van der Waals surface area contributed by atoms with Gasteiger partial charge in [-0.3, -0.25) is 14.4 Å². The number of benzene rings is 1. The summed E-state index contributed by atoms with van der Waals surface area (Å²) in [6.45, 7) is 6.75. The zero-order chi connectivity index (χ0) is 20.0. The summed E-state index contributed by atoms with van der Waals surface area (Å²) in [7, 11) is 0. The molecule has 1 atom stereocenters. The van der Waals surface area contributed by atoms with Gasteiger partial charge in [-0.15, -0.1) is 0 Å². The van der Waals surface area contributed by atoms with Gasteiger partial charge in [0.1, 0.15) is 11.9 Å². The summed E-state index contributed by atoms with van der Waals surface area (Å²) in [4.78, 5) is 38.8. The number of halogens is 1. The molecule has 1 heterocycles. The molecule has 1 unspecified atom stereocenters. The molecular formula is C20H27FN2O4.